The van der Waals surface area contributed by atoms with Crippen molar-refractivity contribution in [3.8, 4) is 0 Å². The summed E-state index contributed by atoms with van der Waals surface area (Å²) in [6.45, 7) is 8.63. The molecule has 0 aliphatic heterocycles. The molecule has 84 valence electrons. The first kappa shape index (κ1) is 12.0. The van der Waals surface area contributed by atoms with Crippen molar-refractivity contribution in [1.82, 2.24) is 4.98 Å². The number of hydrogen-bond donors (Lipinski definition) is 0. The molecule has 3 nitrogen and oxygen atoms in total. The minimum absolute atomic E-state index is 0.00301. The molecule has 0 saturated heterocycles. The van der Waals surface area contributed by atoms with E-state index in [9.17, 15) is 4.79 Å². The number of carbonyl (C=O) groups is 1. The summed E-state index contributed by atoms with van der Waals surface area (Å²) in [6, 6.07) is 0. The average Bonchev–Trinajstić information content (AvgIpc) is 2.50. The van der Waals surface area contributed by atoms with Gasteiger partial charge in [-0.1, -0.05) is 27.7 Å². The van der Waals surface area contributed by atoms with Gasteiger partial charge in [-0.3, -0.25) is 4.79 Å². The second kappa shape index (κ2) is 4.60. The van der Waals surface area contributed by atoms with Crippen LogP contribution in [0.25, 0.3) is 0 Å². The third-order valence-corrected chi connectivity index (χ3v) is 2.17. The molecule has 0 unspecified atom stereocenters. The van der Waals surface area contributed by atoms with Gasteiger partial charge in [-0.15, -0.1) is 0 Å². The van der Waals surface area contributed by atoms with Gasteiger partial charge in [-0.05, 0) is 17.8 Å². The predicted octanol–water partition coefficient (Wildman–Crippen LogP) is 3.32. The van der Waals surface area contributed by atoms with E-state index in [0.717, 1.165) is 6.42 Å². The van der Waals surface area contributed by atoms with Crippen LogP contribution in [0.3, 0.4) is 0 Å². The first-order valence-corrected chi connectivity index (χ1v) is 5.31. The van der Waals surface area contributed by atoms with E-state index in [1.807, 2.05) is 0 Å². The maximum Gasteiger partial charge on any atom is 0.263 e. The molecule has 1 aromatic rings. The summed E-state index contributed by atoms with van der Waals surface area (Å²) in [5.41, 5.74) is 0.260. The molecule has 1 rings (SSSR count). The number of rotatable bonds is 4. The standard InChI is InChI=1S/C12H19NO2/c1-9(8-12(2,3)4)7-10(14)11-13-5-6-15-11/h5-6,9H,7-8H2,1-4H3/t9-/m0/s1. The Hall–Kier alpha value is -1.12. The van der Waals surface area contributed by atoms with Gasteiger partial charge in [0.2, 0.25) is 5.78 Å². The monoisotopic (exact) mass is 209 g/mol. The van der Waals surface area contributed by atoms with Crippen LogP contribution in [-0.4, -0.2) is 10.8 Å². The fraction of sp³-hybridized carbons (Fsp3) is 0.667. The van der Waals surface area contributed by atoms with Gasteiger partial charge in [0.25, 0.3) is 5.89 Å². The van der Waals surface area contributed by atoms with Crippen LogP contribution in [-0.2, 0) is 0 Å². The maximum atomic E-state index is 11.6. The topological polar surface area (TPSA) is 43.1 Å². The summed E-state index contributed by atoms with van der Waals surface area (Å²) < 4.78 is 4.97. The molecule has 0 amide bonds. The molecule has 1 heterocycles. The van der Waals surface area contributed by atoms with E-state index >= 15 is 0 Å². The van der Waals surface area contributed by atoms with Crippen molar-refractivity contribution in [2.75, 3.05) is 0 Å². The summed E-state index contributed by atoms with van der Waals surface area (Å²) in [5.74, 6) is 0.594. The van der Waals surface area contributed by atoms with Crippen LogP contribution >= 0.6 is 0 Å². The second-order valence-electron chi connectivity index (χ2n) is 5.33. The molecule has 1 atom stereocenters. The van der Waals surface area contributed by atoms with Crippen molar-refractivity contribution in [1.29, 1.82) is 0 Å². The van der Waals surface area contributed by atoms with E-state index in [0.29, 0.717) is 12.3 Å². The predicted molar refractivity (Wildman–Crippen MR) is 58.7 cm³/mol. The van der Waals surface area contributed by atoms with E-state index in [4.69, 9.17) is 4.42 Å². The lowest BCUT2D eigenvalue weighted by Crippen LogP contribution is -2.14. The first-order chi connectivity index (χ1) is 6.88. The Morgan fingerprint density at radius 2 is 2.20 bits per heavy atom. The first-order valence-electron chi connectivity index (χ1n) is 5.31. The Morgan fingerprint density at radius 3 is 2.67 bits per heavy atom. The van der Waals surface area contributed by atoms with Gasteiger partial charge < -0.3 is 4.42 Å². The second-order valence-corrected chi connectivity index (χ2v) is 5.33. The summed E-state index contributed by atoms with van der Waals surface area (Å²) in [4.78, 5) is 15.5. The summed E-state index contributed by atoms with van der Waals surface area (Å²) in [7, 11) is 0. The van der Waals surface area contributed by atoms with Crippen molar-refractivity contribution in [3.05, 3.63) is 18.4 Å². The minimum atomic E-state index is -0.00301. The Labute approximate surface area is 90.9 Å². The molecule has 0 radical (unpaired) electrons. The van der Waals surface area contributed by atoms with Crippen LogP contribution in [0.1, 0.15) is 51.2 Å². The van der Waals surface area contributed by atoms with Gasteiger partial charge in [0.05, 0.1) is 6.20 Å². The van der Waals surface area contributed by atoms with Crippen molar-refractivity contribution in [2.24, 2.45) is 11.3 Å². The van der Waals surface area contributed by atoms with Gasteiger partial charge in [-0.2, -0.15) is 0 Å². The third kappa shape index (κ3) is 4.28. The maximum absolute atomic E-state index is 11.6. The molecule has 0 bridgehead atoms. The number of aromatic nitrogens is 1. The number of hydrogen-bond acceptors (Lipinski definition) is 3. The number of ketones is 1. The third-order valence-electron chi connectivity index (χ3n) is 2.17. The van der Waals surface area contributed by atoms with Crippen molar-refractivity contribution < 1.29 is 9.21 Å². The SMILES string of the molecule is C[C@@H](CC(=O)c1ncco1)CC(C)(C)C. The van der Waals surface area contributed by atoms with Crippen LogP contribution in [0, 0.1) is 11.3 Å². The van der Waals surface area contributed by atoms with Crippen LogP contribution < -0.4 is 0 Å². The van der Waals surface area contributed by atoms with Crippen molar-refractivity contribution >= 4 is 5.78 Å². The highest BCUT2D eigenvalue weighted by atomic mass is 16.3. The van der Waals surface area contributed by atoms with E-state index in [2.05, 4.69) is 32.7 Å². The Kier molecular flexibility index (Phi) is 3.66. The fourth-order valence-electron chi connectivity index (χ4n) is 1.88. The number of oxazole rings is 1. The minimum Gasteiger partial charge on any atom is -0.442 e. The van der Waals surface area contributed by atoms with Gasteiger partial charge in [0, 0.05) is 6.42 Å². The molecule has 15 heavy (non-hydrogen) atoms. The quantitative estimate of drug-likeness (QED) is 0.714. The molecule has 0 saturated carbocycles. The molecular formula is C12H19NO2. The zero-order chi connectivity index (χ0) is 11.5. The van der Waals surface area contributed by atoms with Gasteiger partial charge >= 0.3 is 0 Å². The zero-order valence-electron chi connectivity index (χ0n) is 9.91. The van der Waals surface area contributed by atoms with Crippen molar-refractivity contribution in [2.45, 2.75) is 40.5 Å². The Morgan fingerprint density at radius 1 is 1.53 bits per heavy atom. The molecule has 3 heteroatoms. The zero-order valence-corrected chi connectivity index (χ0v) is 9.91. The van der Waals surface area contributed by atoms with Gasteiger partial charge in [-0.25, -0.2) is 4.98 Å². The molecule has 0 aliphatic carbocycles. The smallest absolute Gasteiger partial charge is 0.263 e. The summed E-state index contributed by atoms with van der Waals surface area (Å²) >= 11 is 0. The fourth-order valence-corrected chi connectivity index (χ4v) is 1.88. The van der Waals surface area contributed by atoms with Crippen LogP contribution in [0.2, 0.25) is 0 Å². The number of carbonyl (C=O) groups excluding carboxylic acids is 1. The van der Waals surface area contributed by atoms with E-state index in [1.54, 1.807) is 0 Å². The molecular weight excluding hydrogens is 190 g/mol. The molecule has 1 aromatic heterocycles. The van der Waals surface area contributed by atoms with Gasteiger partial charge in [0.15, 0.2) is 0 Å². The normalized spacial score (nSPS) is 13.9. The van der Waals surface area contributed by atoms with E-state index < -0.39 is 0 Å². The Bertz CT molecular complexity index is 309. The summed E-state index contributed by atoms with van der Waals surface area (Å²) in [6.07, 6.45) is 4.47. The molecule has 0 fully saturated rings. The number of Topliss-reactive ketones (excluding diaryl/α,β-unsaturated/α-hetero) is 1. The highest BCUT2D eigenvalue weighted by molar-refractivity contribution is 5.91. The molecule has 0 aliphatic rings. The molecule has 0 spiro atoms. The van der Waals surface area contributed by atoms with Crippen LogP contribution in [0.4, 0.5) is 0 Å². The lowest BCUT2D eigenvalue weighted by Gasteiger charge is -2.22. The molecule has 0 aromatic carbocycles. The van der Waals surface area contributed by atoms with Gasteiger partial charge in [0.1, 0.15) is 6.26 Å². The summed E-state index contributed by atoms with van der Waals surface area (Å²) in [5, 5.41) is 0. The van der Waals surface area contributed by atoms with E-state index in [-0.39, 0.29) is 17.1 Å². The number of nitrogens with zero attached hydrogens (tertiary/aromatic N) is 1. The van der Waals surface area contributed by atoms with Crippen molar-refractivity contribution in [3.63, 3.8) is 0 Å². The lowest BCUT2D eigenvalue weighted by molar-refractivity contribution is 0.0920. The lowest BCUT2D eigenvalue weighted by atomic mass is 9.83. The Balaban J connectivity index is 2.45. The highest BCUT2D eigenvalue weighted by Crippen LogP contribution is 2.26. The largest absolute Gasteiger partial charge is 0.442 e. The average molecular weight is 209 g/mol. The highest BCUT2D eigenvalue weighted by Gasteiger charge is 2.20. The van der Waals surface area contributed by atoms with E-state index in [1.165, 1.54) is 12.5 Å². The molecule has 0 N–H and O–H groups in total. The van der Waals surface area contributed by atoms with Crippen LogP contribution in [0.5, 0.6) is 0 Å². The van der Waals surface area contributed by atoms with Crippen LogP contribution in [0.15, 0.2) is 16.9 Å².